The van der Waals surface area contributed by atoms with Crippen LogP contribution in [0.5, 0.6) is 11.5 Å². The first-order valence-electron chi connectivity index (χ1n) is 14.1. The summed E-state index contributed by atoms with van der Waals surface area (Å²) in [5.74, 6) is -0.672. The lowest BCUT2D eigenvalue weighted by Gasteiger charge is -2.61. The molecule has 42 heavy (non-hydrogen) atoms. The van der Waals surface area contributed by atoms with Gasteiger partial charge in [0.25, 0.3) is 0 Å². The van der Waals surface area contributed by atoms with Crippen LogP contribution in [0.15, 0.2) is 54.3 Å². The molecule has 2 aromatic carbocycles. The maximum absolute atomic E-state index is 13.5. The molecule has 0 saturated carbocycles. The minimum Gasteiger partial charge on any atom is -0.493 e. The SMILES string of the molecule is COc1ccc2c3c1O[C@H]1C(OC(=O)C(CCC(=O)O)NC(=O)OCc4ccccc4)=CC[C@@]4(O)[C@H](C2)N(C)CC[C@]314. The second-order valence-corrected chi connectivity index (χ2v) is 11.4. The average molecular weight is 579 g/mol. The van der Waals surface area contributed by atoms with Gasteiger partial charge in [0.1, 0.15) is 18.4 Å². The summed E-state index contributed by atoms with van der Waals surface area (Å²) in [7, 11) is 3.56. The van der Waals surface area contributed by atoms with Crippen molar-refractivity contribution in [2.75, 3.05) is 20.7 Å². The van der Waals surface area contributed by atoms with Crippen molar-refractivity contribution < 1.29 is 43.5 Å². The highest BCUT2D eigenvalue weighted by Gasteiger charge is 2.72. The Labute approximate surface area is 243 Å². The Morgan fingerprint density at radius 3 is 2.71 bits per heavy atom. The molecule has 2 bridgehead atoms. The van der Waals surface area contributed by atoms with Crippen LogP contribution in [0.3, 0.4) is 0 Å². The lowest BCUT2D eigenvalue weighted by atomic mass is 9.50. The summed E-state index contributed by atoms with van der Waals surface area (Å²) >= 11 is 0. The molecule has 222 valence electrons. The molecule has 11 nitrogen and oxygen atoms in total. The summed E-state index contributed by atoms with van der Waals surface area (Å²) in [5.41, 5.74) is 0.667. The zero-order valence-corrected chi connectivity index (χ0v) is 23.5. The van der Waals surface area contributed by atoms with E-state index >= 15 is 0 Å². The third-order valence-electron chi connectivity index (χ3n) is 9.21. The van der Waals surface area contributed by atoms with Gasteiger partial charge in [0.15, 0.2) is 17.6 Å². The molecule has 0 aromatic heterocycles. The number of carbonyl (C=O) groups excluding carboxylic acids is 2. The van der Waals surface area contributed by atoms with E-state index in [0.717, 1.165) is 16.7 Å². The standard InChI is InChI=1S/C31H34N2O9/c1-33-15-14-30-25-19-8-10-21(39-2)26(25)42-27(30)22(12-13-31(30,38)23(33)16-19)41-28(36)20(9-11-24(34)35)32-29(37)40-17-18-6-4-3-5-7-18/h3-8,10,12,20,23,27,38H,9,11,13-17H2,1-2H3,(H,32,37)(H,34,35)/t20?,23-,27-,30-,31+/m0/s1. The molecule has 11 heteroatoms. The molecule has 3 N–H and O–H groups in total. The Morgan fingerprint density at radius 2 is 1.98 bits per heavy atom. The quantitative estimate of drug-likeness (QED) is 0.380. The number of amides is 1. The van der Waals surface area contributed by atoms with Crippen molar-refractivity contribution in [2.45, 2.75) is 67.9 Å². The molecule has 2 aliphatic heterocycles. The third-order valence-corrected chi connectivity index (χ3v) is 9.21. The van der Waals surface area contributed by atoms with Crippen LogP contribution in [0.1, 0.15) is 42.4 Å². The van der Waals surface area contributed by atoms with E-state index in [-0.39, 0.29) is 37.7 Å². The van der Waals surface area contributed by atoms with Crippen LogP contribution in [-0.4, -0.2) is 77.6 Å². The van der Waals surface area contributed by atoms with Crippen molar-refractivity contribution in [3.8, 4) is 11.5 Å². The van der Waals surface area contributed by atoms with Crippen molar-refractivity contribution in [1.82, 2.24) is 10.2 Å². The predicted octanol–water partition coefficient (Wildman–Crippen LogP) is 2.68. The minimum absolute atomic E-state index is 0.0203. The lowest BCUT2D eigenvalue weighted by molar-refractivity contribution is -0.170. The number of hydrogen-bond donors (Lipinski definition) is 3. The second kappa shape index (κ2) is 10.6. The molecule has 1 unspecified atom stereocenters. The first-order valence-corrected chi connectivity index (χ1v) is 14.1. The molecule has 0 radical (unpaired) electrons. The van der Waals surface area contributed by atoms with Crippen molar-refractivity contribution in [3.63, 3.8) is 0 Å². The minimum atomic E-state index is -1.28. The first-order chi connectivity index (χ1) is 20.2. The number of benzene rings is 2. The van der Waals surface area contributed by atoms with Gasteiger partial charge in [-0.3, -0.25) is 4.79 Å². The van der Waals surface area contributed by atoms with E-state index in [0.29, 0.717) is 30.9 Å². The van der Waals surface area contributed by atoms with Gasteiger partial charge >= 0.3 is 18.0 Å². The largest absolute Gasteiger partial charge is 0.493 e. The van der Waals surface area contributed by atoms with E-state index in [4.69, 9.17) is 18.9 Å². The van der Waals surface area contributed by atoms with Gasteiger partial charge in [-0.25, -0.2) is 9.59 Å². The summed E-state index contributed by atoms with van der Waals surface area (Å²) in [6, 6.07) is 11.4. The number of likely N-dealkylation sites (N-methyl/N-ethyl adjacent to an activating group) is 1. The normalized spacial score (nSPS) is 27.5. The number of nitrogens with zero attached hydrogens (tertiary/aromatic N) is 1. The van der Waals surface area contributed by atoms with Crippen LogP contribution >= 0.6 is 0 Å². The zero-order chi connectivity index (χ0) is 29.6. The highest BCUT2D eigenvalue weighted by Crippen LogP contribution is 2.65. The number of likely N-dealkylation sites (tertiary alicyclic amines) is 1. The second-order valence-electron chi connectivity index (χ2n) is 11.4. The molecule has 2 aliphatic carbocycles. The molecule has 6 rings (SSSR count). The number of esters is 1. The van der Waals surface area contributed by atoms with Gasteiger partial charge in [0.2, 0.25) is 0 Å². The van der Waals surface area contributed by atoms with Crippen molar-refractivity contribution in [1.29, 1.82) is 0 Å². The van der Waals surface area contributed by atoms with Crippen LogP contribution in [0.25, 0.3) is 0 Å². The average Bonchev–Trinajstić information content (AvgIpc) is 3.34. The molecule has 4 aliphatic rings. The monoisotopic (exact) mass is 578 g/mol. The Kier molecular flexibility index (Phi) is 7.10. The van der Waals surface area contributed by atoms with E-state index in [1.165, 1.54) is 0 Å². The lowest BCUT2D eigenvalue weighted by Crippen LogP contribution is -2.74. The summed E-state index contributed by atoms with van der Waals surface area (Å²) in [6.07, 6.45) is 0.857. The first kappa shape index (κ1) is 28.0. The zero-order valence-electron chi connectivity index (χ0n) is 23.5. The van der Waals surface area contributed by atoms with E-state index in [1.54, 1.807) is 25.3 Å². The molecule has 5 atom stereocenters. The Balaban J connectivity index is 1.26. The highest BCUT2D eigenvalue weighted by molar-refractivity contribution is 5.83. The van der Waals surface area contributed by atoms with Gasteiger partial charge in [-0.15, -0.1) is 0 Å². The van der Waals surface area contributed by atoms with Crippen LogP contribution in [0, 0.1) is 0 Å². The number of carbonyl (C=O) groups is 3. The molecule has 1 saturated heterocycles. The van der Waals surface area contributed by atoms with Crippen molar-refractivity contribution in [3.05, 3.63) is 71.0 Å². The fourth-order valence-electron chi connectivity index (χ4n) is 7.20. The number of carboxylic acid groups (broad SMARTS) is 1. The van der Waals surface area contributed by atoms with E-state index in [2.05, 4.69) is 10.2 Å². The number of piperidine rings is 1. The molecule has 1 fully saturated rings. The van der Waals surface area contributed by atoms with Crippen LogP contribution in [0.4, 0.5) is 4.79 Å². The number of alkyl carbamates (subject to hydrolysis) is 1. The van der Waals surface area contributed by atoms with Gasteiger partial charge < -0.3 is 39.4 Å². The Morgan fingerprint density at radius 1 is 1.19 bits per heavy atom. The number of carboxylic acids is 1. The van der Waals surface area contributed by atoms with Crippen LogP contribution in [-0.2, 0) is 37.5 Å². The molecule has 1 spiro atoms. The van der Waals surface area contributed by atoms with Gasteiger partial charge in [0.05, 0.1) is 18.1 Å². The van der Waals surface area contributed by atoms with Gasteiger partial charge in [-0.05, 0) is 56.1 Å². The third kappa shape index (κ3) is 4.38. The topological polar surface area (TPSA) is 144 Å². The Bertz CT molecular complexity index is 1440. The van der Waals surface area contributed by atoms with Gasteiger partial charge in [-0.1, -0.05) is 36.4 Å². The summed E-state index contributed by atoms with van der Waals surface area (Å²) in [5, 5.41) is 24.1. The maximum atomic E-state index is 13.5. The summed E-state index contributed by atoms with van der Waals surface area (Å²) < 4.78 is 23.3. The van der Waals surface area contributed by atoms with Crippen LogP contribution in [0.2, 0.25) is 0 Å². The van der Waals surface area contributed by atoms with Gasteiger partial charge in [-0.2, -0.15) is 0 Å². The van der Waals surface area contributed by atoms with Gasteiger partial charge in [0, 0.05) is 24.4 Å². The van der Waals surface area contributed by atoms with E-state index < -0.39 is 41.2 Å². The number of nitrogens with one attached hydrogen (secondary N) is 1. The number of aliphatic hydroxyl groups is 1. The molecular weight excluding hydrogens is 544 g/mol. The molecule has 1 amide bonds. The van der Waals surface area contributed by atoms with E-state index in [1.807, 2.05) is 37.4 Å². The summed E-state index contributed by atoms with van der Waals surface area (Å²) in [4.78, 5) is 39.6. The number of rotatable bonds is 9. The number of hydrogen-bond acceptors (Lipinski definition) is 9. The summed E-state index contributed by atoms with van der Waals surface area (Å²) in [6.45, 7) is 0.688. The van der Waals surface area contributed by atoms with Crippen LogP contribution < -0.4 is 14.8 Å². The number of methoxy groups -OCH3 is 1. The number of aliphatic carboxylic acids is 1. The molecular formula is C31H34N2O9. The van der Waals surface area contributed by atoms with Crippen molar-refractivity contribution >= 4 is 18.0 Å². The van der Waals surface area contributed by atoms with Crippen molar-refractivity contribution in [2.24, 2.45) is 0 Å². The smallest absolute Gasteiger partial charge is 0.408 e. The Hall–Kier alpha value is -4.09. The predicted molar refractivity (Wildman–Crippen MR) is 148 cm³/mol. The van der Waals surface area contributed by atoms with E-state index in [9.17, 15) is 24.6 Å². The molecule has 2 aromatic rings. The fourth-order valence-corrected chi connectivity index (χ4v) is 7.20. The number of ether oxygens (including phenoxy) is 4. The highest BCUT2D eigenvalue weighted by atomic mass is 16.6. The maximum Gasteiger partial charge on any atom is 0.408 e. The fraction of sp³-hybridized carbons (Fsp3) is 0.452. The molecule has 2 heterocycles.